The van der Waals surface area contributed by atoms with E-state index in [-0.39, 0.29) is 23.5 Å². The fourth-order valence-electron chi connectivity index (χ4n) is 3.08. The summed E-state index contributed by atoms with van der Waals surface area (Å²) in [5, 5.41) is 2.95. The molecule has 128 valence electrons. The molecular weight excluding hydrogens is 282 g/mol. The van der Waals surface area contributed by atoms with Gasteiger partial charge in [0, 0.05) is 6.04 Å². The Morgan fingerprint density at radius 3 is 2.05 bits per heavy atom. The average Bonchev–Trinajstić information content (AvgIpc) is 2.36. The number of alkyl carbamates (subject to hydrolysis) is 1. The van der Waals surface area contributed by atoms with Crippen LogP contribution < -0.4 is 5.32 Å². The molecule has 0 unspecified atom stereocenters. The molecule has 0 aromatic carbocycles. The number of carbonyl (C=O) groups excluding carboxylic acids is 2. The molecule has 0 heterocycles. The summed E-state index contributed by atoms with van der Waals surface area (Å²) >= 11 is 0. The van der Waals surface area contributed by atoms with E-state index in [1.165, 1.54) is 7.11 Å². The summed E-state index contributed by atoms with van der Waals surface area (Å²) in [5.74, 6) is 0.322. The van der Waals surface area contributed by atoms with E-state index < -0.39 is 5.60 Å². The van der Waals surface area contributed by atoms with E-state index in [9.17, 15) is 9.59 Å². The van der Waals surface area contributed by atoms with Gasteiger partial charge in [0.25, 0.3) is 0 Å². The first-order chi connectivity index (χ1) is 10.0. The van der Waals surface area contributed by atoms with Crippen molar-refractivity contribution in [1.82, 2.24) is 5.32 Å². The lowest BCUT2D eigenvalue weighted by molar-refractivity contribution is -0.144. The zero-order chi connectivity index (χ0) is 17.0. The van der Waals surface area contributed by atoms with Gasteiger partial charge in [-0.05, 0) is 57.8 Å². The summed E-state index contributed by atoms with van der Waals surface area (Å²) in [6, 6.07) is 0.167. The van der Waals surface area contributed by atoms with Gasteiger partial charge in [-0.25, -0.2) is 4.79 Å². The van der Waals surface area contributed by atoms with Gasteiger partial charge in [-0.2, -0.15) is 0 Å². The zero-order valence-electron chi connectivity index (χ0n) is 14.8. The maximum atomic E-state index is 11.8. The Morgan fingerprint density at radius 1 is 1.05 bits per heavy atom. The van der Waals surface area contributed by atoms with Gasteiger partial charge < -0.3 is 14.8 Å². The number of hydrogen-bond donors (Lipinski definition) is 1. The van der Waals surface area contributed by atoms with Crippen LogP contribution in [0, 0.1) is 11.3 Å². The molecule has 5 nitrogen and oxygen atoms in total. The van der Waals surface area contributed by atoms with Gasteiger partial charge in [0.2, 0.25) is 0 Å². The lowest BCUT2D eigenvalue weighted by atomic mass is 9.68. The van der Waals surface area contributed by atoms with Crippen LogP contribution >= 0.6 is 0 Å². The fraction of sp³-hybridized carbons (Fsp3) is 0.882. The summed E-state index contributed by atoms with van der Waals surface area (Å²) in [5.41, 5.74) is -0.534. The van der Waals surface area contributed by atoms with Crippen LogP contribution in [0.15, 0.2) is 0 Å². The van der Waals surface area contributed by atoms with E-state index in [1.807, 2.05) is 20.8 Å². The van der Waals surface area contributed by atoms with Crippen LogP contribution in [0.2, 0.25) is 0 Å². The second-order valence-electron chi connectivity index (χ2n) is 7.94. The highest BCUT2D eigenvalue weighted by atomic mass is 16.6. The van der Waals surface area contributed by atoms with Gasteiger partial charge >= 0.3 is 12.1 Å². The molecule has 0 aromatic heterocycles. The molecule has 0 bridgehead atoms. The zero-order valence-corrected chi connectivity index (χ0v) is 14.8. The van der Waals surface area contributed by atoms with Crippen LogP contribution in [-0.4, -0.2) is 30.8 Å². The van der Waals surface area contributed by atoms with E-state index >= 15 is 0 Å². The largest absolute Gasteiger partial charge is 0.469 e. The SMILES string of the molecule is COC(=O)CC(C)(C)[C@H]1CC[C@H](NC(=O)OC(C)(C)C)CC1. The van der Waals surface area contributed by atoms with Crippen molar-refractivity contribution in [2.24, 2.45) is 11.3 Å². The van der Waals surface area contributed by atoms with Crippen molar-refractivity contribution in [2.45, 2.75) is 78.4 Å². The first-order valence-corrected chi connectivity index (χ1v) is 8.10. The first-order valence-electron chi connectivity index (χ1n) is 8.10. The molecule has 5 heteroatoms. The van der Waals surface area contributed by atoms with Crippen LogP contribution in [0.5, 0.6) is 0 Å². The van der Waals surface area contributed by atoms with E-state index in [2.05, 4.69) is 19.2 Å². The Hall–Kier alpha value is -1.26. The molecule has 0 spiro atoms. The summed E-state index contributed by atoms with van der Waals surface area (Å²) < 4.78 is 10.1. The Morgan fingerprint density at radius 2 is 1.59 bits per heavy atom. The molecule has 1 fully saturated rings. The summed E-state index contributed by atoms with van der Waals surface area (Å²) in [6.07, 6.45) is 3.96. The van der Waals surface area contributed by atoms with Crippen molar-refractivity contribution in [1.29, 1.82) is 0 Å². The second kappa shape index (κ2) is 7.34. The van der Waals surface area contributed by atoms with Crippen LogP contribution in [0.1, 0.15) is 66.7 Å². The standard InChI is InChI=1S/C17H31NO4/c1-16(2,3)22-15(20)18-13-9-7-12(8-10-13)17(4,5)11-14(19)21-6/h12-13H,7-11H2,1-6H3,(H,18,20)/t12-,13-. The lowest BCUT2D eigenvalue weighted by Gasteiger charge is -2.39. The molecule has 1 aliphatic carbocycles. The molecule has 1 rings (SSSR count). The van der Waals surface area contributed by atoms with Crippen LogP contribution in [0.4, 0.5) is 4.79 Å². The van der Waals surface area contributed by atoms with E-state index in [4.69, 9.17) is 9.47 Å². The summed E-state index contributed by atoms with van der Waals surface area (Å²) in [7, 11) is 1.43. The van der Waals surface area contributed by atoms with Crippen molar-refractivity contribution in [3.63, 3.8) is 0 Å². The molecular formula is C17H31NO4. The van der Waals surface area contributed by atoms with Gasteiger partial charge in [-0.1, -0.05) is 13.8 Å². The molecule has 0 radical (unpaired) electrons. The Labute approximate surface area is 134 Å². The van der Waals surface area contributed by atoms with Crippen LogP contribution in [0.25, 0.3) is 0 Å². The number of hydrogen-bond acceptors (Lipinski definition) is 4. The third kappa shape index (κ3) is 6.24. The fourth-order valence-corrected chi connectivity index (χ4v) is 3.08. The number of carbonyl (C=O) groups is 2. The third-order valence-electron chi connectivity index (χ3n) is 4.38. The normalized spacial score (nSPS) is 22.8. The van der Waals surface area contributed by atoms with Crippen molar-refractivity contribution in [3.05, 3.63) is 0 Å². The van der Waals surface area contributed by atoms with Crippen molar-refractivity contribution >= 4 is 12.1 Å². The van der Waals surface area contributed by atoms with Gasteiger partial charge in [0.05, 0.1) is 13.5 Å². The molecule has 0 aromatic rings. The lowest BCUT2D eigenvalue weighted by Crippen LogP contribution is -2.42. The molecule has 0 atom stereocenters. The Kier molecular flexibility index (Phi) is 6.27. The molecule has 0 saturated heterocycles. The quantitative estimate of drug-likeness (QED) is 0.804. The highest BCUT2D eigenvalue weighted by Gasteiger charge is 2.35. The Bertz CT molecular complexity index is 390. The topological polar surface area (TPSA) is 64.6 Å². The summed E-state index contributed by atoms with van der Waals surface area (Å²) in [6.45, 7) is 9.82. The monoisotopic (exact) mass is 313 g/mol. The minimum absolute atomic E-state index is 0.0655. The summed E-state index contributed by atoms with van der Waals surface area (Å²) in [4.78, 5) is 23.3. The molecule has 1 saturated carbocycles. The van der Waals surface area contributed by atoms with Gasteiger partial charge in [-0.15, -0.1) is 0 Å². The van der Waals surface area contributed by atoms with Crippen molar-refractivity contribution in [2.75, 3.05) is 7.11 Å². The smallest absolute Gasteiger partial charge is 0.407 e. The predicted octanol–water partition coefficient (Wildman–Crippen LogP) is 3.66. The molecule has 1 aliphatic rings. The van der Waals surface area contributed by atoms with Crippen LogP contribution in [-0.2, 0) is 14.3 Å². The average molecular weight is 313 g/mol. The van der Waals surface area contributed by atoms with Gasteiger partial charge in [0.1, 0.15) is 5.60 Å². The van der Waals surface area contributed by atoms with Gasteiger partial charge in [0.15, 0.2) is 0 Å². The number of esters is 1. The highest BCUT2D eigenvalue weighted by Crippen LogP contribution is 2.40. The molecule has 1 N–H and O–H groups in total. The highest BCUT2D eigenvalue weighted by molar-refractivity contribution is 5.70. The van der Waals surface area contributed by atoms with E-state index in [1.54, 1.807) is 0 Å². The minimum Gasteiger partial charge on any atom is -0.469 e. The molecule has 22 heavy (non-hydrogen) atoms. The van der Waals surface area contributed by atoms with Crippen molar-refractivity contribution < 1.29 is 19.1 Å². The Balaban J connectivity index is 2.43. The maximum absolute atomic E-state index is 11.8. The van der Waals surface area contributed by atoms with Gasteiger partial charge in [-0.3, -0.25) is 4.79 Å². The number of rotatable bonds is 4. The second-order valence-corrected chi connectivity index (χ2v) is 7.94. The van der Waals surface area contributed by atoms with E-state index in [0.717, 1.165) is 25.7 Å². The maximum Gasteiger partial charge on any atom is 0.407 e. The predicted molar refractivity (Wildman–Crippen MR) is 85.5 cm³/mol. The van der Waals surface area contributed by atoms with Crippen molar-refractivity contribution in [3.8, 4) is 0 Å². The minimum atomic E-state index is -0.468. The van der Waals surface area contributed by atoms with Crippen LogP contribution in [0.3, 0.4) is 0 Å². The number of methoxy groups -OCH3 is 1. The number of nitrogens with one attached hydrogen (secondary N) is 1. The first kappa shape index (κ1) is 18.8. The molecule has 0 aliphatic heterocycles. The van der Waals surface area contributed by atoms with E-state index in [0.29, 0.717) is 12.3 Å². The molecule has 1 amide bonds. The third-order valence-corrected chi connectivity index (χ3v) is 4.38. The number of ether oxygens (including phenoxy) is 2. The number of amides is 1.